The minimum Gasteiger partial charge on any atom is -0.368 e. The van der Waals surface area contributed by atoms with E-state index in [9.17, 15) is 4.79 Å². The number of anilines is 1. The number of ether oxygens (including phenoxy) is 1. The van der Waals surface area contributed by atoms with Gasteiger partial charge < -0.3 is 10.1 Å². The molecule has 1 N–H and O–H groups in total. The predicted molar refractivity (Wildman–Crippen MR) is 103 cm³/mol. The summed E-state index contributed by atoms with van der Waals surface area (Å²) in [5.41, 5.74) is 2.39. The summed E-state index contributed by atoms with van der Waals surface area (Å²) in [5, 5.41) is 8.21. The Morgan fingerprint density at radius 2 is 2.19 bits per heavy atom. The van der Waals surface area contributed by atoms with Crippen molar-refractivity contribution in [2.75, 3.05) is 11.9 Å². The number of aryl methyl sites for hydroxylation is 2. The zero-order valence-electron chi connectivity index (χ0n) is 16.5. The van der Waals surface area contributed by atoms with Gasteiger partial charge in [-0.25, -0.2) is 4.98 Å². The zero-order chi connectivity index (χ0) is 18.8. The van der Waals surface area contributed by atoms with Gasteiger partial charge in [0.15, 0.2) is 5.65 Å². The van der Waals surface area contributed by atoms with Crippen molar-refractivity contribution >= 4 is 22.6 Å². The smallest absolute Gasteiger partial charge is 0.250 e. The van der Waals surface area contributed by atoms with E-state index in [-0.39, 0.29) is 18.6 Å². The lowest BCUT2D eigenvalue weighted by Gasteiger charge is -2.37. The number of fused-ring (bicyclic) bond motifs is 1. The number of pyridine rings is 1. The van der Waals surface area contributed by atoms with Crippen LogP contribution < -0.4 is 5.32 Å². The third-order valence-corrected chi connectivity index (χ3v) is 5.54. The maximum absolute atomic E-state index is 12.4. The van der Waals surface area contributed by atoms with Crippen LogP contribution >= 0.6 is 0 Å². The van der Waals surface area contributed by atoms with E-state index in [4.69, 9.17) is 4.74 Å². The number of hydrogen-bond donors (Lipinski definition) is 1. The molecule has 6 heteroatoms. The molecule has 1 aliphatic carbocycles. The SMILES string of the molecule is Cc1nn(C)c2ncc(NC(=O)CO[C@@H]3C[C@@H](C)CC[C@H]3C(C)C)cc12. The van der Waals surface area contributed by atoms with Crippen LogP contribution in [0.25, 0.3) is 11.0 Å². The molecule has 26 heavy (non-hydrogen) atoms. The number of amides is 1. The van der Waals surface area contributed by atoms with Gasteiger partial charge in [-0.05, 0) is 43.6 Å². The lowest BCUT2D eigenvalue weighted by Crippen LogP contribution is -2.36. The molecule has 0 bridgehead atoms. The predicted octanol–water partition coefficient (Wildman–Crippen LogP) is 3.69. The molecule has 6 nitrogen and oxygen atoms in total. The molecule has 1 amide bonds. The highest BCUT2D eigenvalue weighted by Crippen LogP contribution is 2.35. The minimum absolute atomic E-state index is 0.0880. The van der Waals surface area contributed by atoms with E-state index >= 15 is 0 Å². The molecule has 2 heterocycles. The molecular weight excluding hydrogens is 328 g/mol. The van der Waals surface area contributed by atoms with Gasteiger partial charge in [0.25, 0.3) is 0 Å². The molecule has 0 saturated heterocycles. The summed E-state index contributed by atoms with van der Waals surface area (Å²) >= 11 is 0. The second-order valence-electron chi connectivity index (χ2n) is 8.03. The van der Waals surface area contributed by atoms with Crippen LogP contribution in [0.1, 0.15) is 45.7 Å². The Kier molecular flexibility index (Phi) is 5.61. The molecular formula is C20H30N4O2. The summed E-state index contributed by atoms with van der Waals surface area (Å²) in [7, 11) is 1.87. The molecule has 0 unspecified atom stereocenters. The van der Waals surface area contributed by atoms with Crippen molar-refractivity contribution in [1.82, 2.24) is 14.8 Å². The van der Waals surface area contributed by atoms with Crippen LogP contribution in [-0.2, 0) is 16.6 Å². The Morgan fingerprint density at radius 3 is 2.92 bits per heavy atom. The van der Waals surface area contributed by atoms with Gasteiger partial charge >= 0.3 is 0 Å². The average Bonchev–Trinajstić information content (AvgIpc) is 2.86. The summed E-state index contributed by atoms with van der Waals surface area (Å²) in [6, 6.07) is 1.92. The number of carbonyl (C=O) groups is 1. The fourth-order valence-electron chi connectivity index (χ4n) is 4.06. The van der Waals surface area contributed by atoms with Gasteiger partial charge in [0.2, 0.25) is 5.91 Å². The second-order valence-corrected chi connectivity index (χ2v) is 8.03. The molecule has 0 aliphatic heterocycles. The van der Waals surface area contributed by atoms with E-state index in [1.165, 1.54) is 12.8 Å². The molecule has 1 aliphatic rings. The van der Waals surface area contributed by atoms with E-state index in [1.54, 1.807) is 10.9 Å². The van der Waals surface area contributed by atoms with Gasteiger partial charge in [0.1, 0.15) is 6.61 Å². The van der Waals surface area contributed by atoms with Crippen molar-refractivity contribution in [2.45, 2.75) is 53.1 Å². The summed E-state index contributed by atoms with van der Waals surface area (Å²) in [4.78, 5) is 16.7. The number of nitrogens with zero attached hydrogens (tertiary/aromatic N) is 3. The van der Waals surface area contributed by atoms with Gasteiger partial charge in [0, 0.05) is 12.4 Å². The molecule has 0 aromatic carbocycles. The van der Waals surface area contributed by atoms with Crippen LogP contribution in [0.15, 0.2) is 12.3 Å². The topological polar surface area (TPSA) is 69.0 Å². The lowest BCUT2D eigenvalue weighted by molar-refractivity contribution is -0.126. The van der Waals surface area contributed by atoms with E-state index in [0.29, 0.717) is 23.4 Å². The van der Waals surface area contributed by atoms with Crippen molar-refractivity contribution in [3.8, 4) is 0 Å². The largest absolute Gasteiger partial charge is 0.368 e. The standard InChI is InChI=1S/C20H30N4O2/c1-12(2)16-7-6-13(3)8-18(16)26-11-19(25)22-15-9-17-14(4)23-24(5)20(17)21-10-15/h9-10,12-13,16,18H,6-8,11H2,1-5H3,(H,22,25)/t13-,16-,18+/m0/s1. The zero-order valence-corrected chi connectivity index (χ0v) is 16.5. The van der Waals surface area contributed by atoms with Gasteiger partial charge in [-0.15, -0.1) is 0 Å². The molecule has 1 saturated carbocycles. The number of aromatic nitrogens is 3. The van der Waals surface area contributed by atoms with Crippen LogP contribution in [0.4, 0.5) is 5.69 Å². The van der Waals surface area contributed by atoms with Crippen LogP contribution in [0.5, 0.6) is 0 Å². The van der Waals surface area contributed by atoms with E-state index in [0.717, 1.165) is 23.1 Å². The Morgan fingerprint density at radius 1 is 1.42 bits per heavy atom. The third-order valence-electron chi connectivity index (χ3n) is 5.54. The van der Waals surface area contributed by atoms with Crippen LogP contribution in [0, 0.1) is 24.7 Å². The van der Waals surface area contributed by atoms with Gasteiger partial charge in [-0.1, -0.05) is 27.2 Å². The lowest BCUT2D eigenvalue weighted by atomic mass is 9.75. The first-order valence-corrected chi connectivity index (χ1v) is 9.56. The number of rotatable bonds is 5. The Hall–Kier alpha value is -1.95. The maximum atomic E-state index is 12.4. The van der Waals surface area contributed by atoms with Crippen LogP contribution in [-0.4, -0.2) is 33.4 Å². The summed E-state index contributed by atoms with van der Waals surface area (Å²) in [6.45, 7) is 8.78. The molecule has 2 aromatic rings. The quantitative estimate of drug-likeness (QED) is 0.885. The van der Waals surface area contributed by atoms with Crippen molar-refractivity contribution in [3.05, 3.63) is 18.0 Å². The number of nitrogens with one attached hydrogen (secondary N) is 1. The molecule has 2 aromatic heterocycles. The normalized spacial score (nSPS) is 23.5. The number of carbonyl (C=O) groups excluding carboxylic acids is 1. The molecule has 0 spiro atoms. The van der Waals surface area contributed by atoms with Crippen molar-refractivity contribution in [3.63, 3.8) is 0 Å². The highest BCUT2D eigenvalue weighted by molar-refractivity contribution is 5.93. The molecule has 0 radical (unpaired) electrons. The Bertz CT molecular complexity index is 783. The molecule has 3 atom stereocenters. The highest BCUT2D eigenvalue weighted by Gasteiger charge is 2.31. The summed E-state index contributed by atoms with van der Waals surface area (Å²) in [6.07, 6.45) is 5.32. The highest BCUT2D eigenvalue weighted by atomic mass is 16.5. The number of hydrogen-bond acceptors (Lipinski definition) is 4. The fraction of sp³-hybridized carbons (Fsp3) is 0.650. The maximum Gasteiger partial charge on any atom is 0.250 e. The fourth-order valence-corrected chi connectivity index (χ4v) is 4.06. The first kappa shape index (κ1) is 18.8. The third kappa shape index (κ3) is 4.06. The van der Waals surface area contributed by atoms with Gasteiger partial charge in [0.05, 0.1) is 23.7 Å². The van der Waals surface area contributed by atoms with Gasteiger partial charge in [-0.2, -0.15) is 5.10 Å². The van der Waals surface area contributed by atoms with Crippen LogP contribution in [0.2, 0.25) is 0 Å². The summed E-state index contributed by atoms with van der Waals surface area (Å²) < 4.78 is 7.77. The van der Waals surface area contributed by atoms with Crippen LogP contribution in [0.3, 0.4) is 0 Å². The van der Waals surface area contributed by atoms with E-state index in [1.807, 2.05) is 20.0 Å². The monoisotopic (exact) mass is 358 g/mol. The van der Waals surface area contributed by atoms with Crippen molar-refractivity contribution in [1.29, 1.82) is 0 Å². The first-order valence-electron chi connectivity index (χ1n) is 9.56. The Balaban J connectivity index is 1.61. The van der Waals surface area contributed by atoms with E-state index < -0.39 is 0 Å². The van der Waals surface area contributed by atoms with Gasteiger partial charge in [-0.3, -0.25) is 9.48 Å². The van der Waals surface area contributed by atoms with E-state index in [2.05, 4.69) is 36.2 Å². The summed E-state index contributed by atoms with van der Waals surface area (Å²) in [5.74, 6) is 1.65. The Labute approximate surface area is 155 Å². The van der Waals surface area contributed by atoms with Crippen molar-refractivity contribution in [2.24, 2.45) is 24.8 Å². The first-order chi connectivity index (χ1) is 12.3. The molecule has 3 rings (SSSR count). The molecule has 1 fully saturated rings. The second kappa shape index (κ2) is 7.74. The average molecular weight is 358 g/mol. The van der Waals surface area contributed by atoms with Crippen molar-refractivity contribution < 1.29 is 9.53 Å². The molecule has 142 valence electrons. The minimum atomic E-state index is -0.131.